The zero-order valence-corrected chi connectivity index (χ0v) is 11.9. The second kappa shape index (κ2) is 5.07. The zero-order valence-electron chi connectivity index (χ0n) is 11.9. The minimum absolute atomic E-state index is 0.465. The molecule has 4 aromatic rings. The lowest BCUT2D eigenvalue weighted by atomic mass is 10.2. The molecule has 0 aliphatic heterocycles. The monoisotopic (exact) mass is 292 g/mol. The predicted molar refractivity (Wildman–Crippen MR) is 79.9 cm³/mol. The minimum atomic E-state index is 0.465. The molecule has 3 heterocycles. The fourth-order valence-corrected chi connectivity index (χ4v) is 2.22. The summed E-state index contributed by atoms with van der Waals surface area (Å²) in [6.45, 7) is 2.01. The number of hydrogen-bond acceptors (Lipinski definition) is 6. The van der Waals surface area contributed by atoms with E-state index in [0.717, 1.165) is 34.5 Å². The lowest BCUT2D eigenvalue weighted by Gasteiger charge is -1.93. The Morgan fingerprint density at radius 3 is 2.68 bits per heavy atom. The van der Waals surface area contributed by atoms with Crippen LogP contribution in [0.1, 0.15) is 12.8 Å². The first-order valence-electron chi connectivity index (χ1n) is 6.97. The molecule has 4 rings (SSSR count). The largest absolute Gasteiger partial charge is 0.441 e. The molecule has 0 saturated heterocycles. The van der Waals surface area contributed by atoms with Crippen molar-refractivity contribution in [3.63, 3.8) is 0 Å². The van der Waals surface area contributed by atoms with Crippen LogP contribution in [0.5, 0.6) is 0 Å². The fraction of sp³-hybridized carbons (Fsp3) is 0.125. The van der Waals surface area contributed by atoms with E-state index >= 15 is 0 Å². The van der Waals surface area contributed by atoms with E-state index in [0.29, 0.717) is 11.7 Å². The number of nitrogens with zero attached hydrogens (tertiary/aromatic N) is 4. The van der Waals surface area contributed by atoms with Gasteiger partial charge in [-0.05, 0) is 30.3 Å². The van der Waals surface area contributed by atoms with E-state index in [1.54, 1.807) is 12.4 Å². The van der Waals surface area contributed by atoms with Gasteiger partial charge in [0.05, 0.1) is 0 Å². The zero-order chi connectivity index (χ0) is 14.9. The van der Waals surface area contributed by atoms with Crippen LogP contribution in [0.4, 0.5) is 0 Å². The molecule has 0 aliphatic rings. The highest BCUT2D eigenvalue weighted by molar-refractivity contribution is 5.78. The van der Waals surface area contributed by atoms with Gasteiger partial charge in [-0.25, -0.2) is 4.98 Å². The first kappa shape index (κ1) is 12.7. The van der Waals surface area contributed by atoms with Gasteiger partial charge in [0.15, 0.2) is 11.5 Å². The minimum Gasteiger partial charge on any atom is -0.441 e. The van der Waals surface area contributed by atoms with Gasteiger partial charge in [-0.3, -0.25) is 4.98 Å². The van der Waals surface area contributed by atoms with Crippen LogP contribution in [0, 0.1) is 0 Å². The number of benzene rings is 1. The Labute approximate surface area is 125 Å². The molecule has 6 nitrogen and oxygen atoms in total. The molecule has 0 bridgehead atoms. The Morgan fingerprint density at radius 2 is 1.86 bits per heavy atom. The van der Waals surface area contributed by atoms with Gasteiger partial charge in [0.25, 0.3) is 5.89 Å². The predicted octanol–water partition coefficient (Wildman–Crippen LogP) is 3.50. The molecule has 0 radical (unpaired) electrons. The van der Waals surface area contributed by atoms with Crippen molar-refractivity contribution in [2.75, 3.05) is 0 Å². The highest BCUT2D eigenvalue weighted by Crippen LogP contribution is 2.25. The van der Waals surface area contributed by atoms with E-state index in [-0.39, 0.29) is 0 Å². The summed E-state index contributed by atoms with van der Waals surface area (Å²) >= 11 is 0. The molecule has 0 N–H and O–H groups in total. The van der Waals surface area contributed by atoms with Crippen LogP contribution < -0.4 is 0 Å². The third-order valence-corrected chi connectivity index (χ3v) is 3.35. The Bertz CT molecular complexity index is 928. The summed E-state index contributed by atoms with van der Waals surface area (Å²) in [6, 6.07) is 9.32. The number of oxazole rings is 1. The van der Waals surface area contributed by atoms with Crippen LogP contribution in [0.2, 0.25) is 0 Å². The number of pyridine rings is 1. The van der Waals surface area contributed by atoms with Crippen molar-refractivity contribution in [1.29, 1.82) is 0 Å². The maximum absolute atomic E-state index is 5.60. The van der Waals surface area contributed by atoms with Gasteiger partial charge >= 0.3 is 0 Å². The van der Waals surface area contributed by atoms with Crippen LogP contribution in [0.25, 0.3) is 33.9 Å². The van der Waals surface area contributed by atoms with Crippen molar-refractivity contribution in [2.45, 2.75) is 13.3 Å². The molecular weight excluding hydrogens is 280 g/mol. The average molecular weight is 292 g/mol. The molecule has 3 aromatic heterocycles. The van der Waals surface area contributed by atoms with E-state index in [1.165, 1.54) is 0 Å². The molecule has 0 atom stereocenters. The van der Waals surface area contributed by atoms with Crippen LogP contribution in [-0.2, 0) is 6.42 Å². The Balaban J connectivity index is 1.74. The summed E-state index contributed by atoms with van der Waals surface area (Å²) in [5.74, 6) is 1.71. The first-order chi connectivity index (χ1) is 10.8. The summed E-state index contributed by atoms with van der Waals surface area (Å²) in [6.07, 6.45) is 4.14. The van der Waals surface area contributed by atoms with Gasteiger partial charge in [-0.15, -0.1) is 0 Å². The van der Waals surface area contributed by atoms with Crippen molar-refractivity contribution in [3.8, 4) is 22.8 Å². The Hall–Kier alpha value is -3.02. The molecule has 108 valence electrons. The number of aromatic nitrogens is 4. The van der Waals surface area contributed by atoms with Gasteiger partial charge in [-0.2, -0.15) is 4.98 Å². The molecule has 0 aliphatic carbocycles. The number of fused-ring (bicyclic) bond motifs is 1. The number of hydrogen-bond donors (Lipinski definition) is 0. The van der Waals surface area contributed by atoms with Gasteiger partial charge in [-0.1, -0.05) is 12.1 Å². The van der Waals surface area contributed by atoms with Gasteiger partial charge in [0, 0.05) is 29.9 Å². The van der Waals surface area contributed by atoms with Crippen LogP contribution in [-0.4, -0.2) is 20.1 Å². The number of rotatable bonds is 3. The van der Waals surface area contributed by atoms with Crippen molar-refractivity contribution in [2.24, 2.45) is 0 Å². The summed E-state index contributed by atoms with van der Waals surface area (Å²) < 4.78 is 10.9. The fourth-order valence-electron chi connectivity index (χ4n) is 2.22. The van der Waals surface area contributed by atoms with E-state index in [1.807, 2.05) is 37.3 Å². The maximum atomic E-state index is 5.60. The first-order valence-corrected chi connectivity index (χ1v) is 6.97. The summed E-state index contributed by atoms with van der Waals surface area (Å²) in [7, 11) is 0. The Kier molecular flexibility index (Phi) is 2.93. The molecule has 0 unspecified atom stereocenters. The van der Waals surface area contributed by atoms with E-state index in [9.17, 15) is 0 Å². The second-order valence-corrected chi connectivity index (χ2v) is 4.80. The highest BCUT2D eigenvalue weighted by atomic mass is 16.5. The molecule has 0 saturated carbocycles. The topological polar surface area (TPSA) is 77.8 Å². The standard InChI is InChI=1S/C16H12N4O2/c1-2-14-18-12-9-11(3-4-13(12)21-14)15-19-16(22-20-15)10-5-7-17-8-6-10/h3-9H,2H2,1H3. The molecule has 1 aromatic carbocycles. The maximum Gasteiger partial charge on any atom is 0.258 e. The highest BCUT2D eigenvalue weighted by Gasteiger charge is 2.12. The van der Waals surface area contributed by atoms with Crippen molar-refractivity contribution < 1.29 is 8.94 Å². The molecule has 0 fully saturated rings. The molecule has 0 amide bonds. The lowest BCUT2D eigenvalue weighted by molar-refractivity contribution is 0.432. The second-order valence-electron chi connectivity index (χ2n) is 4.80. The summed E-state index contributed by atoms with van der Waals surface area (Å²) in [5.41, 5.74) is 3.24. The van der Waals surface area contributed by atoms with E-state index in [4.69, 9.17) is 8.94 Å². The SMILES string of the molecule is CCc1nc2cc(-c3noc(-c4ccncc4)n3)ccc2o1. The average Bonchev–Trinajstić information content (AvgIpc) is 3.21. The summed E-state index contributed by atoms with van der Waals surface area (Å²) in [4.78, 5) is 12.8. The molecule has 6 heteroatoms. The van der Waals surface area contributed by atoms with Crippen LogP contribution >= 0.6 is 0 Å². The van der Waals surface area contributed by atoms with E-state index < -0.39 is 0 Å². The summed E-state index contributed by atoms with van der Waals surface area (Å²) in [5, 5.41) is 4.03. The number of aryl methyl sites for hydroxylation is 1. The van der Waals surface area contributed by atoms with E-state index in [2.05, 4.69) is 20.1 Å². The van der Waals surface area contributed by atoms with Gasteiger partial charge < -0.3 is 8.94 Å². The quantitative estimate of drug-likeness (QED) is 0.575. The van der Waals surface area contributed by atoms with Crippen LogP contribution in [0.15, 0.2) is 51.7 Å². The molecule has 22 heavy (non-hydrogen) atoms. The third kappa shape index (κ3) is 2.14. The normalized spacial score (nSPS) is 11.1. The van der Waals surface area contributed by atoms with Crippen LogP contribution in [0.3, 0.4) is 0 Å². The molecule has 0 spiro atoms. The smallest absolute Gasteiger partial charge is 0.258 e. The van der Waals surface area contributed by atoms with Gasteiger partial charge in [0.1, 0.15) is 5.52 Å². The van der Waals surface area contributed by atoms with Crippen molar-refractivity contribution in [1.82, 2.24) is 20.1 Å². The Morgan fingerprint density at radius 1 is 1.00 bits per heavy atom. The molecular formula is C16H12N4O2. The van der Waals surface area contributed by atoms with Gasteiger partial charge in [0.2, 0.25) is 5.82 Å². The third-order valence-electron chi connectivity index (χ3n) is 3.35. The van der Waals surface area contributed by atoms with Crippen molar-refractivity contribution >= 4 is 11.1 Å². The lowest BCUT2D eigenvalue weighted by Crippen LogP contribution is -1.82. The van der Waals surface area contributed by atoms with Crippen molar-refractivity contribution in [3.05, 3.63) is 48.6 Å².